The van der Waals surface area contributed by atoms with Crippen LogP contribution in [0.1, 0.15) is 0 Å². The van der Waals surface area contributed by atoms with E-state index in [1.54, 1.807) is 0 Å². The first-order valence-electron chi connectivity index (χ1n) is 19.5. The van der Waals surface area contributed by atoms with Crippen molar-refractivity contribution in [3.8, 4) is 33.4 Å². The molecule has 2 heterocycles. The number of para-hydroxylation sites is 1. The van der Waals surface area contributed by atoms with Gasteiger partial charge in [-0.1, -0.05) is 157 Å². The van der Waals surface area contributed by atoms with Crippen LogP contribution in [0.4, 0.5) is 17.1 Å². The predicted octanol–water partition coefficient (Wildman–Crippen LogP) is 16.6. The zero-order chi connectivity index (χ0) is 38.4. The molecule has 58 heavy (non-hydrogen) atoms. The van der Waals surface area contributed by atoms with Crippen LogP contribution in [-0.4, -0.2) is 0 Å². The second kappa shape index (κ2) is 14.6. The summed E-state index contributed by atoms with van der Waals surface area (Å²) in [4.78, 5) is 4.78. The minimum atomic E-state index is 0.871. The van der Waals surface area contributed by atoms with Gasteiger partial charge in [0.15, 0.2) is 0 Å². The maximum absolute atomic E-state index is 6.65. The lowest BCUT2D eigenvalue weighted by Gasteiger charge is -2.27. The predicted molar refractivity (Wildman–Crippen MR) is 248 cm³/mol. The number of nitrogens with zero attached hydrogens (tertiary/aromatic N) is 1. The third-order valence-corrected chi connectivity index (χ3v) is 13.1. The highest BCUT2D eigenvalue weighted by Gasteiger charge is 2.20. The van der Waals surface area contributed by atoms with E-state index in [4.69, 9.17) is 4.42 Å². The van der Waals surface area contributed by atoms with Gasteiger partial charge in [0.1, 0.15) is 11.2 Å². The van der Waals surface area contributed by atoms with Gasteiger partial charge in [-0.15, -0.1) is 11.3 Å². The van der Waals surface area contributed by atoms with Crippen LogP contribution in [0.3, 0.4) is 0 Å². The van der Waals surface area contributed by atoms with Gasteiger partial charge < -0.3 is 9.32 Å². The molecule has 11 aromatic rings. The Morgan fingerprint density at radius 1 is 0.379 bits per heavy atom. The molecule has 0 unspecified atom stereocenters. The van der Waals surface area contributed by atoms with Gasteiger partial charge in [0.2, 0.25) is 0 Å². The number of anilines is 3. The molecule has 2 aromatic heterocycles. The van der Waals surface area contributed by atoms with E-state index in [-0.39, 0.29) is 0 Å². The molecule has 2 nitrogen and oxygen atoms in total. The Morgan fingerprint density at radius 2 is 0.966 bits per heavy atom. The quantitative estimate of drug-likeness (QED) is 0.153. The lowest BCUT2D eigenvalue weighted by molar-refractivity contribution is 0.670. The molecule has 0 N–H and O–H groups in total. The first-order valence-corrected chi connectivity index (χ1v) is 21.1. The summed E-state index contributed by atoms with van der Waals surface area (Å²) < 4.78 is 9.23. The maximum Gasteiger partial charge on any atom is 0.143 e. The third-order valence-electron chi connectivity index (χ3n) is 10.9. The van der Waals surface area contributed by atoms with Crippen LogP contribution in [0, 0.1) is 0 Å². The Hall–Kier alpha value is -6.85. The molecule has 4 heteroatoms. The summed E-state index contributed by atoms with van der Waals surface area (Å²) in [6, 6.07) is 76.4. The zero-order valence-electron chi connectivity index (χ0n) is 31.4. The Labute approximate surface area is 345 Å². The van der Waals surface area contributed by atoms with Gasteiger partial charge in [-0.2, -0.15) is 0 Å². The normalized spacial score (nSPS) is 11.5. The Kier molecular flexibility index (Phi) is 8.65. The van der Waals surface area contributed by atoms with Crippen molar-refractivity contribution < 1.29 is 4.42 Å². The molecule has 274 valence electrons. The second-order valence-electron chi connectivity index (χ2n) is 14.5. The Balaban J connectivity index is 1.10. The lowest BCUT2D eigenvalue weighted by Crippen LogP contribution is -2.10. The van der Waals surface area contributed by atoms with Crippen LogP contribution < -0.4 is 4.90 Å². The van der Waals surface area contributed by atoms with Crippen molar-refractivity contribution in [2.75, 3.05) is 4.90 Å². The van der Waals surface area contributed by atoms with Crippen molar-refractivity contribution in [1.29, 1.82) is 0 Å². The molecule has 0 spiro atoms. The lowest BCUT2D eigenvalue weighted by atomic mass is 10.0. The summed E-state index contributed by atoms with van der Waals surface area (Å²) in [5.41, 5.74) is 12.1. The summed E-state index contributed by atoms with van der Waals surface area (Å²) in [7, 11) is 0. The molecule has 0 aliphatic carbocycles. The van der Waals surface area contributed by atoms with Crippen molar-refractivity contribution in [3.05, 3.63) is 212 Å². The van der Waals surface area contributed by atoms with Crippen LogP contribution in [0.25, 0.3) is 75.5 Å². The minimum Gasteiger partial charge on any atom is -0.455 e. The average Bonchev–Trinajstić information content (AvgIpc) is 3.86. The smallest absolute Gasteiger partial charge is 0.143 e. The standard InChI is InChI=1S/C54H35NOS2/c1-4-14-36(15-5-1)39-20-12-21-43(32-39)57-53-35-42(26-29-44(53)37-16-6-2-7-17-37)55(41-28-31-52-49(34-41)46-22-10-11-25-51(46)58-52)40-27-30-50-48(33-40)47-24-13-23-45(54(47)56-50)38-18-8-3-9-19-38/h1-35H. The van der Waals surface area contributed by atoms with E-state index in [9.17, 15) is 0 Å². The molecular formula is C54H35NOS2. The van der Waals surface area contributed by atoms with Crippen molar-refractivity contribution in [3.63, 3.8) is 0 Å². The molecule has 9 aromatic carbocycles. The van der Waals surface area contributed by atoms with Gasteiger partial charge in [-0.05, 0) is 94.5 Å². The summed E-state index contributed by atoms with van der Waals surface area (Å²) in [6.45, 7) is 0. The van der Waals surface area contributed by atoms with Gasteiger partial charge in [0.25, 0.3) is 0 Å². The molecule has 0 atom stereocenters. The number of furan rings is 1. The van der Waals surface area contributed by atoms with E-state index < -0.39 is 0 Å². The van der Waals surface area contributed by atoms with E-state index >= 15 is 0 Å². The van der Waals surface area contributed by atoms with Gasteiger partial charge >= 0.3 is 0 Å². The van der Waals surface area contributed by atoms with Crippen molar-refractivity contribution >= 4 is 82.3 Å². The molecule has 0 fully saturated rings. The highest BCUT2D eigenvalue weighted by molar-refractivity contribution is 7.99. The minimum absolute atomic E-state index is 0.871. The molecule has 0 radical (unpaired) electrons. The maximum atomic E-state index is 6.65. The van der Waals surface area contributed by atoms with Crippen LogP contribution in [0.5, 0.6) is 0 Å². The SMILES string of the molecule is c1ccc(-c2cccc(Sc3cc(N(c4ccc5oc6c(-c7ccccc7)cccc6c5c4)c4ccc5sc6ccccc6c5c4)ccc3-c3ccccc3)c2)cc1. The molecule has 0 aliphatic rings. The average molecular weight is 778 g/mol. The molecular weight excluding hydrogens is 743 g/mol. The van der Waals surface area contributed by atoms with E-state index in [0.717, 1.165) is 50.1 Å². The Morgan fingerprint density at radius 3 is 1.76 bits per heavy atom. The van der Waals surface area contributed by atoms with Crippen molar-refractivity contribution in [2.24, 2.45) is 0 Å². The number of fused-ring (bicyclic) bond motifs is 6. The molecule has 11 rings (SSSR count). The first-order chi connectivity index (χ1) is 28.7. The van der Waals surface area contributed by atoms with Crippen molar-refractivity contribution in [1.82, 2.24) is 0 Å². The van der Waals surface area contributed by atoms with Crippen molar-refractivity contribution in [2.45, 2.75) is 9.79 Å². The fraction of sp³-hybridized carbons (Fsp3) is 0. The van der Waals surface area contributed by atoms with Crippen LogP contribution in [-0.2, 0) is 0 Å². The number of hydrogen-bond donors (Lipinski definition) is 0. The van der Waals surface area contributed by atoms with Gasteiger partial charge in [-0.25, -0.2) is 0 Å². The molecule has 0 saturated heterocycles. The molecule has 0 aliphatic heterocycles. The zero-order valence-corrected chi connectivity index (χ0v) is 33.0. The number of thiophene rings is 1. The summed E-state index contributed by atoms with van der Waals surface area (Å²) >= 11 is 3.66. The fourth-order valence-corrected chi connectivity index (χ4v) is 10.3. The Bertz CT molecular complexity index is 3260. The summed E-state index contributed by atoms with van der Waals surface area (Å²) in [5, 5.41) is 4.73. The van der Waals surface area contributed by atoms with E-state index in [1.165, 1.54) is 52.2 Å². The highest BCUT2D eigenvalue weighted by Crippen LogP contribution is 2.46. The fourth-order valence-electron chi connectivity index (χ4n) is 8.16. The molecule has 0 saturated carbocycles. The van der Waals surface area contributed by atoms with Gasteiger partial charge in [0, 0.05) is 63.4 Å². The molecule has 0 bridgehead atoms. The second-order valence-corrected chi connectivity index (χ2v) is 16.7. The van der Waals surface area contributed by atoms with Crippen LogP contribution in [0.15, 0.2) is 227 Å². The monoisotopic (exact) mass is 777 g/mol. The topological polar surface area (TPSA) is 16.4 Å². The summed E-state index contributed by atoms with van der Waals surface area (Å²) in [5.74, 6) is 0. The van der Waals surface area contributed by atoms with Crippen LogP contribution in [0.2, 0.25) is 0 Å². The largest absolute Gasteiger partial charge is 0.455 e. The van der Waals surface area contributed by atoms with Gasteiger partial charge in [0.05, 0.1) is 0 Å². The van der Waals surface area contributed by atoms with E-state index in [0.29, 0.717) is 0 Å². The highest BCUT2D eigenvalue weighted by atomic mass is 32.2. The summed E-state index contributed by atoms with van der Waals surface area (Å²) in [6.07, 6.45) is 0. The first kappa shape index (κ1) is 34.4. The van der Waals surface area contributed by atoms with E-state index in [1.807, 2.05) is 23.1 Å². The van der Waals surface area contributed by atoms with Gasteiger partial charge in [-0.3, -0.25) is 0 Å². The number of hydrogen-bond acceptors (Lipinski definition) is 4. The molecule has 0 amide bonds. The number of benzene rings is 9. The third kappa shape index (κ3) is 6.24. The van der Waals surface area contributed by atoms with Crippen LogP contribution >= 0.6 is 23.1 Å². The number of rotatable bonds is 8. The van der Waals surface area contributed by atoms with E-state index in [2.05, 4.69) is 217 Å².